The van der Waals surface area contributed by atoms with Gasteiger partial charge in [-0.25, -0.2) is 0 Å². The van der Waals surface area contributed by atoms with E-state index in [4.69, 9.17) is 20.9 Å². The maximum Gasteiger partial charge on any atom is 0.237 e. The molecule has 0 bridgehead atoms. The molecule has 1 amide bonds. The third kappa shape index (κ3) is 4.79. The molecule has 19 heavy (non-hydrogen) atoms. The Bertz CT molecular complexity index is 432. The number of benzene rings is 1. The summed E-state index contributed by atoms with van der Waals surface area (Å²) in [5, 5.41) is 0. The van der Waals surface area contributed by atoms with Gasteiger partial charge in [0.2, 0.25) is 5.91 Å². The highest BCUT2D eigenvalue weighted by Crippen LogP contribution is 2.22. The second kappa shape index (κ2) is 6.43. The molecule has 106 valence electrons. The van der Waals surface area contributed by atoms with E-state index in [-0.39, 0.29) is 6.10 Å². The summed E-state index contributed by atoms with van der Waals surface area (Å²) in [5.41, 5.74) is 9.98. The van der Waals surface area contributed by atoms with Crippen molar-refractivity contribution >= 4 is 5.91 Å². The number of ether oxygens (including phenoxy) is 2. The predicted octanol–water partition coefficient (Wildman–Crippen LogP) is 1.45. The van der Waals surface area contributed by atoms with Crippen LogP contribution in [0.2, 0.25) is 0 Å². The van der Waals surface area contributed by atoms with Gasteiger partial charge in [0.1, 0.15) is 11.5 Å². The molecule has 2 unspecified atom stereocenters. The number of hydrogen-bond acceptors (Lipinski definition) is 4. The van der Waals surface area contributed by atoms with Gasteiger partial charge in [0, 0.05) is 12.5 Å². The minimum atomic E-state index is -1.07. The summed E-state index contributed by atoms with van der Waals surface area (Å²) in [5.74, 6) is 0.891. The first-order valence-corrected chi connectivity index (χ1v) is 6.33. The third-order valence-corrected chi connectivity index (χ3v) is 2.73. The average Bonchev–Trinajstić information content (AvgIpc) is 2.28. The van der Waals surface area contributed by atoms with Crippen LogP contribution in [0.25, 0.3) is 0 Å². The SMILES string of the molecule is CCOc1cccc(OC(C)CC(C)(N)C(N)=O)c1. The fourth-order valence-corrected chi connectivity index (χ4v) is 1.78. The minimum absolute atomic E-state index is 0.223. The first kappa shape index (κ1) is 15.3. The quantitative estimate of drug-likeness (QED) is 0.781. The number of carbonyl (C=O) groups is 1. The molecule has 4 N–H and O–H groups in total. The van der Waals surface area contributed by atoms with Crippen LogP contribution in [0.15, 0.2) is 24.3 Å². The second-order valence-electron chi connectivity index (χ2n) is 4.82. The van der Waals surface area contributed by atoms with E-state index in [2.05, 4.69) is 0 Å². The number of carbonyl (C=O) groups excluding carboxylic acids is 1. The summed E-state index contributed by atoms with van der Waals surface area (Å²) in [6.07, 6.45) is 0.126. The van der Waals surface area contributed by atoms with E-state index in [1.165, 1.54) is 0 Å². The van der Waals surface area contributed by atoms with Crippen molar-refractivity contribution < 1.29 is 14.3 Å². The van der Waals surface area contributed by atoms with Crippen LogP contribution in [-0.2, 0) is 4.79 Å². The molecule has 0 heterocycles. The minimum Gasteiger partial charge on any atom is -0.494 e. The standard InChI is InChI=1S/C14H22N2O3/c1-4-18-11-6-5-7-12(8-11)19-10(2)9-14(3,16)13(15)17/h5-8,10H,4,9,16H2,1-3H3,(H2,15,17). The van der Waals surface area contributed by atoms with Crippen LogP contribution in [0.3, 0.4) is 0 Å². The smallest absolute Gasteiger partial charge is 0.237 e. The van der Waals surface area contributed by atoms with Gasteiger partial charge in [0.05, 0.1) is 18.2 Å². The van der Waals surface area contributed by atoms with Crippen LogP contribution in [0, 0.1) is 0 Å². The molecular formula is C14H22N2O3. The van der Waals surface area contributed by atoms with Crippen molar-refractivity contribution in [2.75, 3.05) is 6.61 Å². The van der Waals surface area contributed by atoms with Gasteiger partial charge < -0.3 is 20.9 Å². The van der Waals surface area contributed by atoms with E-state index in [0.29, 0.717) is 18.8 Å². The van der Waals surface area contributed by atoms with Crippen molar-refractivity contribution in [3.05, 3.63) is 24.3 Å². The molecule has 0 aliphatic carbocycles. The Morgan fingerprint density at radius 2 is 2.05 bits per heavy atom. The molecule has 0 saturated heterocycles. The van der Waals surface area contributed by atoms with Crippen molar-refractivity contribution in [2.24, 2.45) is 11.5 Å². The molecule has 0 spiro atoms. The fourth-order valence-electron chi connectivity index (χ4n) is 1.78. The number of amides is 1. The predicted molar refractivity (Wildman–Crippen MR) is 74.1 cm³/mol. The second-order valence-corrected chi connectivity index (χ2v) is 4.82. The van der Waals surface area contributed by atoms with Crippen molar-refractivity contribution in [1.82, 2.24) is 0 Å². The summed E-state index contributed by atoms with van der Waals surface area (Å²) in [4.78, 5) is 11.2. The summed E-state index contributed by atoms with van der Waals surface area (Å²) in [6.45, 7) is 5.97. The summed E-state index contributed by atoms with van der Waals surface area (Å²) < 4.78 is 11.1. The first-order valence-electron chi connectivity index (χ1n) is 6.33. The van der Waals surface area contributed by atoms with Crippen LogP contribution in [0.4, 0.5) is 0 Å². The summed E-state index contributed by atoms with van der Waals surface area (Å²) in [7, 11) is 0. The van der Waals surface area contributed by atoms with Crippen molar-refractivity contribution in [2.45, 2.75) is 38.8 Å². The Hall–Kier alpha value is -1.75. The Morgan fingerprint density at radius 1 is 1.42 bits per heavy atom. The molecular weight excluding hydrogens is 244 g/mol. The van der Waals surface area contributed by atoms with E-state index < -0.39 is 11.4 Å². The number of primary amides is 1. The van der Waals surface area contributed by atoms with Crippen LogP contribution in [0.1, 0.15) is 27.2 Å². The molecule has 1 rings (SSSR count). The van der Waals surface area contributed by atoms with Gasteiger partial charge in [-0.1, -0.05) is 6.07 Å². The molecule has 5 nitrogen and oxygen atoms in total. The van der Waals surface area contributed by atoms with Crippen LogP contribution >= 0.6 is 0 Å². The third-order valence-electron chi connectivity index (χ3n) is 2.73. The topological polar surface area (TPSA) is 87.6 Å². The van der Waals surface area contributed by atoms with Gasteiger partial charge in [0.15, 0.2) is 0 Å². The largest absolute Gasteiger partial charge is 0.494 e. The molecule has 1 aromatic carbocycles. The van der Waals surface area contributed by atoms with Gasteiger partial charge in [-0.05, 0) is 32.9 Å². The molecule has 2 atom stereocenters. The average molecular weight is 266 g/mol. The Kier molecular flexibility index (Phi) is 5.18. The monoisotopic (exact) mass is 266 g/mol. The first-order chi connectivity index (χ1) is 8.85. The molecule has 0 radical (unpaired) electrons. The Balaban J connectivity index is 2.64. The lowest BCUT2D eigenvalue weighted by molar-refractivity contribution is -0.123. The molecule has 0 saturated carbocycles. The van der Waals surface area contributed by atoms with Gasteiger partial charge in [-0.15, -0.1) is 0 Å². The molecule has 0 aliphatic heterocycles. The highest BCUT2D eigenvalue weighted by atomic mass is 16.5. The lowest BCUT2D eigenvalue weighted by atomic mass is 9.95. The van der Waals surface area contributed by atoms with Crippen LogP contribution < -0.4 is 20.9 Å². The van der Waals surface area contributed by atoms with E-state index in [0.717, 1.165) is 5.75 Å². The zero-order valence-electron chi connectivity index (χ0n) is 11.7. The van der Waals surface area contributed by atoms with Crippen molar-refractivity contribution in [1.29, 1.82) is 0 Å². The maximum absolute atomic E-state index is 11.2. The van der Waals surface area contributed by atoms with E-state index in [9.17, 15) is 4.79 Å². The molecule has 0 fully saturated rings. The molecule has 0 aliphatic rings. The number of nitrogens with two attached hydrogens (primary N) is 2. The van der Waals surface area contributed by atoms with Gasteiger partial charge in [-0.2, -0.15) is 0 Å². The fraction of sp³-hybridized carbons (Fsp3) is 0.500. The van der Waals surface area contributed by atoms with Crippen molar-refractivity contribution in [3.63, 3.8) is 0 Å². The summed E-state index contributed by atoms with van der Waals surface area (Å²) in [6, 6.07) is 7.34. The molecule has 0 aromatic heterocycles. The van der Waals surface area contributed by atoms with Gasteiger partial charge in [-0.3, -0.25) is 4.79 Å². The molecule has 1 aromatic rings. The zero-order valence-corrected chi connectivity index (χ0v) is 11.7. The zero-order chi connectivity index (χ0) is 14.5. The van der Waals surface area contributed by atoms with Crippen LogP contribution in [0.5, 0.6) is 11.5 Å². The molecule has 5 heteroatoms. The van der Waals surface area contributed by atoms with Gasteiger partial charge in [0.25, 0.3) is 0 Å². The highest BCUT2D eigenvalue weighted by molar-refractivity contribution is 5.83. The van der Waals surface area contributed by atoms with Crippen molar-refractivity contribution in [3.8, 4) is 11.5 Å². The number of rotatable bonds is 7. The van der Waals surface area contributed by atoms with Gasteiger partial charge >= 0.3 is 0 Å². The lowest BCUT2D eigenvalue weighted by Gasteiger charge is -2.25. The number of hydrogen-bond donors (Lipinski definition) is 2. The normalized spacial score (nSPS) is 15.4. The van der Waals surface area contributed by atoms with E-state index >= 15 is 0 Å². The summed E-state index contributed by atoms with van der Waals surface area (Å²) >= 11 is 0. The lowest BCUT2D eigenvalue weighted by Crippen LogP contribution is -2.51. The maximum atomic E-state index is 11.2. The van der Waals surface area contributed by atoms with E-state index in [1.807, 2.05) is 32.0 Å². The van der Waals surface area contributed by atoms with Crippen LogP contribution in [-0.4, -0.2) is 24.2 Å². The Labute approximate surface area is 113 Å². The Morgan fingerprint density at radius 3 is 2.63 bits per heavy atom. The van der Waals surface area contributed by atoms with E-state index in [1.54, 1.807) is 13.0 Å². The highest BCUT2D eigenvalue weighted by Gasteiger charge is 2.28.